The lowest BCUT2D eigenvalue weighted by atomic mass is 9.86. The van der Waals surface area contributed by atoms with Crippen LogP contribution in [0.5, 0.6) is 0 Å². The first-order valence-corrected chi connectivity index (χ1v) is 10.1. The van der Waals surface area contributed by atoms with Gasteiger partial charge < -0.3 is 4.90 Å². The van der Waals surface area contributed by atoms with E-state index >= 15 is 0 Å². The molecule has 0 unspecified atom stereocenters. The van der Waals surface area contributed by atoms with Gasteiger partial charge in [0.2, 0.25) is 5.91 Å². The summed E-state index contributed by atoms with van der Waals surface area (Å²) in [4.78, 5) is 21.4. The molecule has 136 valence electrons. The molecule has 0 spiro atoms. The van der Waals surface area contributed by atoms with Crippen molar-refractivity contribution in [3.8, 4) is 0 Å². The molecule has 25 heavy (non-hydrogen) atoms. The van der Waals surface area contributed by atoms with Gasteiger partial charge in [-0.15, -0.1) is 0 Å². The summed E-state index contributed by atoms with van der Waals surface area (Å²) in [6.45, 7) is 3.16. The van der Waals surface area contributed by atoms with Gasteiger partial charge in [0.25, 0.3) is 0 Å². The Hall–Kier alpha value is -1.42. The van der Waals surface area contributed by atoms with Crippen molar-refractivity contribution in [1.82, 2.24) is 14.8 Å². The Morgan fingerprint density at radius 2 is 1.92 bits per heavy atom. The average Bonchev–Trinajstić information content (AvgIpc) is 3.25. The number of carbonyl (C=O) groups is 1. The number of nitrogens with zero attached hydrogens (tertiary/aromatic N) is 3. The molecule has 0 aromatic carbocycles. The number of fused-ring (bicyclic) bond motifs is 2. The molecule has 2 aliphatic carbocycles. The molecule has 2 heterocycles. The molecule has 0 radical (unpaired) electrons. The van der Waals surface area contributed by atoms with E-state index in [1.165, 1.54) is 31.2 Å². The highest BCUT2D eigenvalue weighted by Gasteiger charge is 2.40. The van der Waals surface area contributed by atoms with Crippen molar-refractivity contribution in [2.24, 2.45) is 17.8 Å². The molecule has 1 aromatic heterocycles. The van der Waals surface area contributed by atoms with Gasteiger partial charge in [-0.1, -0.05) is 6.42 Å². The maximum Gasteiger partial charge on any atom is 0.222 e. The Bertz CT molecular complexity index is 582. The predicted molar refractivity (Wildman–Crippen MR) is 98.9 cm³/mol. The topological polar surface area (TPSA) is 36.4 Å². The number of aromatic nitrogens is 1. The number of piperidine rings is 1. The number of pyridine rings is 1. The van der Waals surface area contributed by atoms with Crippen molar-refractivity contribution in [3.05, 3.63) is 30.1 Å². The van der Waals surface area contributed by atoms with Gasteiger partial charge in [-0.05, 0) is 67.6 Å². The first-order chi connectivity index (χ1) is 12.2. The number of likely N-dealkylation sites (tertiary alicyclic amines) is 1. The summed E-state index contributed by atoms with van der Waals surface area (Å²) in [6.07, 6.45) is 12.2. The van der Waals surface area contributed by atoms with Crippen LogP contribution in [0.3, 0.4) is 0 Å². The molecule has 3 atom stereocenters. The van der Waals surface area contributed by atoms with Crippen LogP contribution in [0.15, 0.2) is 24.5 Å². The minimum atomic E-state index is 0.394. The first-order valence-electron chi connectivity index (χ1n) is 10.1. The Kier molecular flexibility index (Phi) is 5.07. The zero-order valence-electron chi connectivity index (χ0n) is 15.4. The summed E-state index contributed by atoms with van der Waals surface area (Å²) in [5.74, 6) is 2.86. The van der Waals surface area contributed by atoms with Gasteiger partial charge in [0.15, 0.2) is 0 Å². The zero-order valence-corrected chi connectivity index (χ0v) is 15.4. The number of carbonyl (C=O) groups excluding carboxylic acids is 1. The SMILES string of the molecule is CN(C(=O)C[C@H]1C[C@H]2CC[C@H]1C2)C1CCN(Cc2ccncc2)CC1. The van der Waals surface area contributed by atoms with Crippen LogP contribution in [0, 0.1) is 17.8 Å². The third-order valence-electron chi connectivity index (χ3n) is 6.98. The quantitative estimate of drug-likeness (QED) is 0.824. The Labute approximate surface area is 151 Å². The summed E-state index contributed by atoms with van der Waals surface area (Å²) < 4.78 is 0. The lowest BCUT2D eigenvalue weighted by Gasteiger charge is -2.37. The summed E-state index contributed by atoms with van der Waals surface area (Å²) in [5.41, 5.74) is 1.33. The maximum absolute atomic E-state index is 12.8. The predicted octanol–water partition coefficient (Wildman–Crippen LogP) is 3.33. The monoisotopic (exact) mass is 341 g/mol. The van der Waals surface area contributed by atoms with Crippen LogP contribution in [0.4, 0.5) is 0 Å². The summed E-state index contributed by atoms with van der Waals surface area (Å²) in [6, 6.07) is 4.62. The Balaban J connectivity index is 1.23. The number of amides is 1. The van der Waals surface area contributed by atoms with E-state index in [0.29, 0.717) is 17.9 Å². The summed E-state index contributed by atoms with van der Waals surface area (Å²) in [5, 5.41) is 0. The van der Waals surface area contributed by atoms with Crippen LogP contribution >= 0.6 is 0 Å². The maximum atomic E-state index is 12.8. The molecule has 3 fully saturated rings. The molecule has 4 nitrogen and oxygen atoms in total. The number of hydrogen-bond acceptors (Lipinski definition) is 3. The lowest BCUT2D eigenvalue weighted by molar-refractivity contribution is -0.134. The fourth-order valence-electron chi connectivity index (χ4n) is 5.41. The minimum absolute atomic E-state index is 0.394. The van der Waals surface area contributed by atoms with E-state index in [1.54, 1.807) is 0 Å². The van der Waals surface area contributed by atoms with Crippen LogP contribution in [0.1, 0.15) is 50.5 Å². The van der Waals surface area contributed by atoms with Crippen molar-refractivity contribution < 1.29 is 4.79 Å². The van der Waals surface area contributed by atoms with Crippen LogP contribution in [-0.2, 0) is 11.3 Å². The summed E-state index contributed by atoms with van der Waals surface area (Å²) in [7, 11) is 2.04. The molecule has 4 heteroatoms. The third kappa shape index (κ3) is 3.89. The molecular weight excluding hydrogens is 310 g/mol. The van der Waals surface area contributed by atoms with Crippen molar-refractivity contribution in [1.29, 1.82) is 0 Å². The molecule has 2 bridgehead atoms. The molecule has 1 saturated heterocycles. The molecule has 3 aliphatic rings. The highest BCUT2D eigenvalue weighted by molar-refractivity contribution is 5.76. The lowest BCUT2D eigenvalue weighted by Crippen LogP contribution is -2.45. The van der Waals surface area contributed by atoms with Crippen LogP contribution in [-0.4, -0.2) is 46.9 Å². The summed E-state index contributed by atoms with van der Waals surface area (Å²) >= 11 is 0. The molecular formula is C21H31N3O. The largest absolute Gasteiger partial charge is 0.343 e. The second-order valence-corrected chi connectivity index (χ2v) is 8.51. The van der Waals surface area contributed by atoms with E-state index in [1.807, 2.05) is 19.4 Å². The van der Waals surface area contributed by atoms with Crippen molar-refractivity contribution in [3.63, 3.8) is 0 Å². The number of hydrogen-bond donors (Lipinski definition) is 0. The van der Waals surface area contributed by atoms with Gasteiger partial charge in [-0.2, -0.15) is 0 Å². The second kappa shape index (κ2) is 7.45. The average molecular weight is 341 g/mol. The second-order valence-electron chi connectivity index (χ2n) is 8.51. The molecule has 4 rings (SSSR count). The highest BCUT2D eigenvalue weighted by atomic mass is 16.2. The number of rotatable bonds is 5. The van der Waals surface area contributed by atoms with Gasteiger partial charge in [0.05, 0.1) is 0 Å². The first kappa shape index (κ1) is 17.0. The van der Waals surface area contributed by atoms with Gasteiger partial charge in [0.1, 0.15) is 0 Å². The minimum Gasteiger partial charge on any atom is -0.343 e. The zero-order chi connectivity index (χ0) is 17.2. The third-order valence-corrected chi connectivity index (χ3v) is 6.98. The van der Waals surface area contributed by atoms with Gasteiger partial charge in [0, 0.05) is 51.5 Å². The highest BCUT2D eigenvalue weighted by Crippen LogP contribution is 2.49. The Morgan fingerprint density at radius 3 is 2.56 bits per heavy atom. The van der Waals surface area contributed by atoms with Crippen molar-refractivity contribution in [2.75, 3.05) is 20.1 Å². The van der Waals surface area contributed by atoms with Crippen molar-refractivity contribution in [2.45, 2.75) is 57.5 Å². The van der Waals surface area contributed by atoms with Crippen LogP contribution in [0.25, 0.3) is 0 Å². The smallest absolute Gasteiger partial charge is 0.222 e. The standard InChI is InChI=1S/C21H31N3O/c1-23(21(25)14-19-13-17-2-3-18(19)12-17)20-6-10-24(11-7-20)15-16-4-8-22-9-5-16/h4-5,8-9,17-20H,2-3,6-7,10-15H2,1H3/t17-,18-,19+/m0/s1. The van der Waals surface area contributed by atoms with Gasteiger partial charge in [-0.3, -0.25) is 14.7 Å². The van der Waals surface area contributed by atoms with E-state index in [0.717, 1.165) is 50.7 Å². The molecule has 1 aromatic rings. The van der Waals surface area contributed by atoms with E-state index in [4.69, 9.17) is 0 Å². The normalized spacial score (nSPS) is 29.9. The molecule has 1 amide bonds. The van der Waals surface area contributed by atoms with Gasteiger partial charge in [-0.25, -0.2) is 0 Å². The van der Waals surface area contributed by atoms with E-state index in [9.17, 15) is 4.79 Å². The fraction of sp³-hybridized carbons (Fsp3) is 0.714. The van der Waals surface area contributed by atoms with E-state index < -0.39 is 0 Å². The fourth-order valence-corrected chi connectivity index (χ4v) is 5.41. The molecule has 1 aliphatic heterocycles. The Morgan fingerprint density at radius 1 is 1.16 bits per heavy atom. The van der Waals surface area contributed by atoms with Crippen LogP contribution in [0.2, 0.25) is 0 Å². The molecule has 0 N–H and O–H groups in total. The van der Waals surface area contributed by atoms with Gasteiger partial charge >= 0.3 is 0 Å². The molecule has 2 saturated carbocycles. The van der Waals surface area contributed by atoms with E-state index in [-0.39, 0.29) is 0 Å². The van der Waals surface area contributed by atoms with Crippen LogP contribution < -0.4 is 0 Å². The van der Waals surface area contributed by atoms with Crippen molar-refractivity contribution >= 4 is 5.91 Å². The van der Waals surface area contributed by atoms with E-state index in [2.05, 4.69) is 26.9 Å².